The van der Waals surface area contributed by atoms with Crippen LogP contribution in [0.5, 0.6) is 0 Å². The summed E-state index contributed by atoms with van der Waals surface area (Å²) in [7, 11) is 0. The van der Waals surface area contributed by atoms with Crippen LogP contribution in [0.3, 0.4) is 0 Å². The van der Waals surface area contributed by atoms with Crippen LogP contribution in [0.1, 0.15) is 25.7 Å². The van der Waals surface area contributed by atoms with E-state index in [1.807, 2.05) is 0 Å². The first-order valence-corrected chi connectivity index (χ1v) is 10.3. The summed E-state index contributed by atoms with van der Waals surface area (Å²) in [5, 5.41) is 21.2. The Kier molecular flexibility index (Phi) is 1.90. The van der Waals surface area contributed by atoms with Gasteiger partial charge in [0.25, 0.3) is 0 Å². The first-order valence-electron chi connectivity index (χ1n) is 10.3. The van der Waals surface area contributed by atoms with E-state index in [-0.39, 0.29) is 24.4 Å². The van der Waals surface area contributed by atoms with E-state index in [2.05, 4.69) is 0 Å². The van der Waals surface area contributed by atoms with E-state index in [9.17, 15) is 10.2 Å². The number of ether oxygens (including phenoxy) is 2. The van der Waals surface area contributed by atoms with Crippen molar-refractivity contribution in [1.29, 1.82) is 0 Å². The highest BCUT2D eigenvalue weighted by Gasteiger charge is 2.89. The maximum Gasteiger partial charge on any atom is 0.0983 e. The summed E-state index contributed by atoms with van der Waals surface area (Å²) in [5.41, 5.74) is -0.465. The zero-order valence-electron chi connectivity index (χ0n) is 13.9. The summed E-state index contributed by atoms with van der Waals surface area (Å²) >= 11 is 0. The molecule has 4 heteroatoms. The molecular weight excluding hydrogens is 304 g/mol. The Bertz CT molecular complexity index is 610. The molecule has 0 aromatic rings. The molecule has 8 rings (SSSR count). The maximum atomic E-state index is 10.6. The molecule has 130 valence electrons. The summed E-state index contributed by atoms with van der Waals surface area (Å²) in [6, 6.07) is 0. The number of fused-ring (bicyclic) bond motifs is 4. The SMILES string of the molecule is OC[C@]12O[C@H]3CC[C@H]4[C@@H]3[C@@H]1[C@@H]1[C@H]3[C@H]5[C@H]6[C@@H](CC[C@@H]6O[C@@]5(CO)[C@@H]41)[C@H]32. The van der Waals surface area contributed by atoms with Crippen molar-refractivity contribution in [1.82, 2.24) is 0 Å². The lowest BCUT2D eigenvalue weighted by molar-refractivity contribution is -0.147. The van der Waals surface area contributed by atoms with E-state index in [1.165, 1.54) is 12.8 Å². The quantitative estimate of drug-likeness (QED) is 0.795. The highest BCUT2D eigenvalue weighted by molar-refractivity contribution is 5.36. The van der Waals surface area contributed by atoms with Gasteiger partial charge in [0.2, 0.25) is 0 Å². The van der Waals surface area contributed by atoms with Gasteiger partial charge >= 0.3 is 0 Å². The van der Waals surface area contributed by atoms with Gasteiger partial charge < -0.3 is 19.7 Å². The largest absolute Gasteiger partial charge is 0.393 e. The summed E-state index contributed by atoms with van der Waals surface area (Å²) in [5.74, 6) is 6.15. The van der Waals surface area contributed by atoms with Gasteiger partial charge in [-0.25, -0.2) is 0 Å². The fourth-order valence-corrected chi connectivity index (χ4v) is 11.1. The molecule has 0 aromatic heterocycles. The molecule has 24 heavy (non-hydrogen) atoms. The molecule has 8 fully saturated rings. The van der Waals surface area contributed by atoms with Gasteiger partial charge in [-0.15, -0.1) is 0 Å². The van der Waals surface area contributed by atoms with Crippen LogP contribution in [0.25, 0.3) is 0 Å². The lowest BCUT2D eigenvalue weighted by Gasteiger charge is -2.38. The second kappa shape index (κ2) is 3.49. The van der Waals surface area contributed by atoms with Gasteiger partial charge in [-0.1, -0.05) is 0 Å². The molecule has 2 N–H and O–H groups in total. The summed E-state index contributed by atoms with van der Waals surface area (Å²) in [4.78, 5) is 0. The summed E-state index contributed by atoms with van der Waals surface area (Å²) in [6.45, 7) is 0.463. The standard InChI is InChI=1S/C20H26O4/c21-5-19-15-7-1-3-9-11(7)17-13(15)14-16(20(17,6-22)23-9)8-2-4-10(24-19)12(8)18(14)19/h7-18,21-22H,1-6H2/t7-,8+,9-,10-,11-,12-,13+,14+,15-,16+,17+,18+,19-,20+/m0/s1. The fraction of sp³-hybridized carbons (Fsp3) is 1.00. The van der Waals surface area contributed by atoms with Crippen LogP contribution in [-0.2, 0) is 9.47 Å². The first kappa shape index (κ1) is 13.1. The van der Waals surface area contributed by atoms with Crippen molar-refractivity contribution < 1.29 is 19.7 Å². The van der Waals surface area contributed by atoms with Gasteiger partial charge in [-0.2, -0.15) is 0 Å². The minimum atomic E-state index is -0.233. The molecule has 2 aliphatic heterocycles. The number of hydrogen-bond donors (Lipinski definition) is 2. The average molecular weight is 330 g/mol. The smallest absolute Gasteiger partial charge is 0.0983 e. The van der Waals surface area contributed by atoms with E-state index < -0.39 is 0 Å². The molecule has 6 saturated carbocycles. The van der Waals surface area contributed by atoms with Gasteiger partial charge in [0.1, 0.15) is 0 Å². The van der Waals surface area contributed by atoms with Crippen LogP contribution in [0.2, 0.25) is 0 Å². The molecule has 0 amide bonds. The topological polar surface area (TPSA) is 58.9 Å². The van der Waals surface area contributed by atoms with Crippen molar-refractivity contribution in [3.05, 3.63) is 0 Å². The number of hydrogen-bond acceptors (Lipinski definition) is 4. The second-order valence-electron chi connectivity index (χ2n) is 10.4. The highest BCUT2D eigenvalue weighted by Crippen LogP contribution is 2.86. The van der Waals surface area contributed by atoms with Crippen LogP contribution in [-0.4, -0.2) is 46.8 Å². The molecule has 0 bridgehead atoms. The molecule has 6 aliphatic carbocycles. The summed E-state index contributed by atoms with van der Waals surface area (Å²) in [6.07, 6.45) is 5.59. The Morgan fingerprint density at radius 1 is 0.625 bits per heavy atom. The third kappa shape index (κ3) is 0.915. The van der Waals surface area contributed by atoms with Crippen LogP contribution in [0.15, 0.2) is 0 Å². The van der Waals surface area contributed by atoms with Crippen LogP contribution in [0.4, 0.5) is 0 Å². The van der Waals surface area contributed by atoms with E-state index in [4.69, 9.17) is 9.47 Å². The van der Waals surface area contributed by atoms with E-state index in [0.717, 1.165) is 12.8 Å². The Hall–Kier alpha value is -0.160. The normalized spacial score (nSPS) is 77.2. The van der Waals surface area contributed by atoms with E-state index >= 15 is 0 Å². The number of rotatable bonds is 2. The molecule has 0 unspecified atom stereocenters. The molecule has 4 nitrogen and oxygen atoms in total. The second-order valence-corrected chi connectivity index (χ2v) is 10.4. The average Bonchev–Trinajstić information content (AvgIpc) is 3.36. The lowest BCUT2D eigenvalue weighted by Crippen LogP contribution is -2.48. The Labute approximate surface area is 141 Å². The molecule has 8 aliphatic rings. The lowest BCUT2D eigenvalue weighted by atomic mass is 9.72. The van der Waals surface area contributed by atoms with Crippen LogP contribution < -0.4 is 0 Å². The van der Waals surface area contributed by atoms with Gasteiger partial charge in [0.05, 0.1) is 36.6 Å². The van der Waals surface area contributed by atoms with Gasteiger partial charge in [-0.05, 0) is 84.9 Å². The minimum Gasteiger partial charge on any atom is -0.393 e. The van der Waals surface area contributed by atoms with E-state index in [1.54, 1.807) is 0 Å². The third-order valence-electron chi connectivity index (χ3n) is 10.8. The predicted octanol–water partition coefficient (Wildman–Crippen LogP) is 1.05. The van der Waals surface area contributed by atoms with Crippen molar-refractivity contribution in [3.8, 4) is 0 Å². The minimum absolute atomic E-state index is 0.232. The molecule has 0 radical (unpaired) electrons. The monoisotopic (exact) mass is 330 g/mol. The number of aliphatic hydroxyl groups is 2. The molecule has 0 aromatic carbocycles. The molecule has 2 saturated heterocycles. The Morgan fingerprint density at radius 2 is 1.08 bits per heavy atom. The van der Waals surface area contributed by atoms with Crippen LogP contribution in [0, 0.1) is 59.2 Å². The first-order chi connectivity index (χ1) is 11.8. The van der Waals surface area contributed by atoms with Crippen molar-refractivity contribution in [2.45, 2.75) is 49.1 Å². The maximum absolute atomic E-state index is 10.6. The van der Waals surface area contributed by atoms with Gasteiger partial charge in [0, 0.05) is 0 Å². The van der Waals surface area contributed by atoms with Crippen molar-refractivity contribution in [2.24, 2.45) is 59.2 Å². The van der Waals surface area contributed by atoms with Crippen molar-refractivity contribution >= 4 is 0 Å². The predicted molar refractivity (Wildman–Crippen MR) is 82.7 cm³/mol. The summed E-state index contributed by atoms with van der Waals surface area (Å²) < 4.78 is 13.6. The fourth-order valence-electron chi connectivity index (χ4n) is 11.1. The third-order valence-corrected chi connectivity index (χ3v) is 10.8. The zero-order valence-corrected chi connectivity index (χ0v) is 13.9. The van der Waals surface area contributed by atoms with Crippen molar-refractivity contribution in [3.63, 3.8) is 0 Å². The Morgan fingerprint density at radius 3 is 1.50 bits per heavy atom. The van der Waals surface area contributed by atoms with Crippen molar-refractivity contribution in [2.75, 3.05) is 13.2 Å². The van der Waals surface area contributed by atoms with Gasteiger partial charge in [-0.3, -0.25) is 0 Å². The molecule has 14 atom stereocenters. The van der Waals surface area contributed by atoms with Crippen LogP contribution >= 0.6 is 0 Å². The van der Waals surface area contributed by atoms with Gasteiger partial charge in [0.15, 0.2) is 0 Å². The zero-order chi connectivity index (χ0) is 15.6. The molecule has 2 heterocycles. The Balaban J connectivity index is 1.44. The molecule has 0 spiro atoms. The highest BCUT2D eigenvalue weighted by atomic mass is 16.5. The molecular formula is C20H26O4. The number of aliphatic hydroxyl groups excluding tert-OH is 2. The van der Waals surface area contributed by atoms with E-state index in [0.29, 0.717) is 71.4 Å².